The highest BCUT2D eigenvalue weighted by Crippen LogP contribution is 2.31. The molecule has 0 amide bonds. The van der Waals surface area contributed by atoms with E-state index in [1.54, 1.807) is 12.5 Å². The fourth-order valence-corrected chi connectivity index (χ4v) is 3.04. The van der Waals surface area contributed by atoms with Crippen LogP contribution in [0.15, 0.2) is 53.4 Å². The average molecular weight is 425 g/mol. The quantitative estimate of drug-likeness (QED) is 0.499. The molecule has 4 aromatic rings. The van der Waals surface area contributed by atoms with Crippen molar-refractivity contribution < 1.29 is 4.74 Å². The molecule has 0 aliphatic rings. The third-order valence-corrected chi connectivity index (χ3v) is 4.71. The molecule has 0 atom stereocenters. The third-order valence-electron chi connectivity index (χ3n) is 4.13. The zero-order valence-electron chi connectivity index (χ0n) is 14.8. The number of hydrogen-bond donors (Lipinski definition) is 2. The Balaban J connectivity index is 1.56. The van der Waals surface area contributed by atoms with Crippen LogP contribution in [0.5, 0.6) is 11.5 Å². The fourth-order valence-electron chi connectivity index (χ4n) is 2.75. The van der Waals surface area contributed by atoms with Crippen LogP contribution in [0.4, 0.5) is 17.5 Å². The molecular formula is C19H17BrN6O. The van der Waals surface area contributed by atoms with Gasteiger partial charge in [0, 0.05) is 25.0 Å². The molecule has 0 spiro atoms. The molecule has 27 heavy (non-hydrogen) atoms. The van der Waals surface area contributed by atoms with Crippen LogP contribution in [0.3, 0.4) is 0 Å². The highest BCUT2D eigenvalue weighted by atomic mass is 79.9. The van der Waals surface area contributed by atoms with Crippen LogP contribution in [0.2, 0.25) is 0 Å². The van der Waals surface area contributed by atoms with Gasteiger partial charge in [0.2, 0.25) is 5.95 Å². The first-order chi connectivity index (χ1) is 13.0. The maximum Gasteiger partial charge on any atom is 0.222 e. The molecule has 0 bridgehead atoms. The zero-order chi connectivity index (χ0) is 19.0. The fraction of sp³-hybridized carbons (Fsp3) is 0.105. The molecule has 0 aliphatic carbocycles. The Hall–Kier alpha value is -3.13. The lowest BCUT2D eigenvalue weighted by Gasteiger charge is -2.12. The van der Waals surface area contributed by atoms with Crippen molar-refractivity contribution in [2.24, 2.45) is 7.05 Å². The smallest absolute Gasteiger partial charge is 0.222 e. The number of aryl methyl sites for hydroxylation is 2. The summed E-state index contributed by atoms with van der Waals surface area (Å²) in [6, 6.07) is 11.7. The molecule has 0 aliphatic heterocycles. The van der Waals surface area contributed by atoms with E-state index in [4.69, 9.17) is 10.5 Å². The van der Waals surface area contributed by atoms with Gasteiger partial charge in [0.15, 0.2) is 0 Å². The number of imidazole rings is 1. The van der Waals surface area contributed by atoms with E-state index in [0.717, 1.165) is 38.3 Å². The monoisotopic (exact) mass is 424 g/mol. The summed E-state index contributed by atoms with van der Waals surface area (Å²) in [6.45, 7) is 1.99. The lowest BCUT2D eigenvalue weighted by molar-refractivity contribution is 0.479. The van der Waals surface area contributed by atoms with Crippen LogP contribution in [0.1, 0.15) is 5.56 Å². The van der Waals surface area contributed by atoms with E-state index in [2.05, 4.69) is 36.2 Å². The maximum absolute atomic E-state index is 6.04. The molecule has 136 valence electrons. The molecule has 2 aromatic carbocycles. The number of nitrogen functional groups attached to an aromatic ring is 1. The maximum atomic E-state index is 6.04. The van der Waals surface area contributed by atoms with Gasteiger partial charge < -0.3 is 20.4 Å². The van der Waals surface area contributed by atoms with Crippen LogP contribution in [0.25, 0.3) is 11.0 Å². The van der Waals surface area contributed by atoms with Gasteiger partial charge in [-0.15, -0.1) is 0 Å². The van der Waals surface area contributed by atoms with E-state index >= 15 is 0 Å². The van der Waals surface area contributed by atoms with Gasteiger partial charge in [0.25, 0.3) is 0 Å². The van der Waals surface area contributed by atoms with Gasteiger partial charge in [-0.25, -0.2) is 9.97 Å². The molecule has 8 heteroatoms. The van der Waals surface area contributed by atoms with Gasteiger partial charge in [-0.3, -0.25) is 0 Å². The minimum atomic E-state index is 0.210. The van der Waals surface area contributed by atoms with E-state index in [1.165, 1.54) is 0 Å². The number of nitrogens with one attached hydrogen (secondary N) is 1. The van der Waals surface area contributed by atoms with Gasteiger partial charge in [0.1, 0.15) is 17.3 Å². The van der Waals surface area contributed by atoms with Crippen LogP contribution in [-0.2, 0) is 7.05 Å². The van der Waals surface area contributed by atoms with Crippen molar-refractivity contribution in [3.63, 3.8) is 0 Å². The van der Waals surface area contributed by atoms with E-state index in [9.17, 15) is 0 Å². The van der Waals surface area contributed by atoms with E-state index in [0.29, 0.717) is 5.82 Å². The van der Waals surface area contributed by atoms with Gasteiger partial charge in [-0.2, -0.15) is 4.98 Å². The molecule has 2 heterocycles. The largest absolute Gasteiger partial charge is 0.457 e. The molecule has 2 aromatic heterocycles. The molecule has 0 fully saturated rings. The molecule has 0 unspecified atom stereocenters. The number of anilines is 3. The van der Waals surface area contributed by atoms with E-state index in [-0.39, 0.29) is 5.95 Å². The Kier molecular flexibility index (Phi) is 4.41. The Bertz CT molecular complexity index is 1140. The summed E-state index contributed by atoms with van der Waals surface area (Å²) in [5, 5.41) is 3.23. The lowest BCUT2D eigenvalue weighted by Crippen LogP contribution is -2.01. The minimum Gasteiger partial charge on any atom is -0.457 e. The number of nitrogens with zero attached hydrogens (tertiary/aromatic N) is 4. The minimum absolute atomic E-state index is 0.210. The van der Waals surface area contributed by atoms with Crippen molar-refractivity contribution in [3.05, 3.63) is 59.0 Å². The summed E-state index contributed by atoms with van der Waals surface area (Å²) in [5.41, 5.74) is 9.48. The summed E-state index contributed by atoms with van der Waals surface area (Å²) < 4.78 is 8.75. The van der Waals surface area contributed by atoms with Crippen molar-refractivity contribution in [3.8, 4) is 11.5 Å². The molecular weight excluding hydrogens is 408 g/mol. The number of ether oxygens (including phenoxy) is 1. The van der Waals surface area contributed by atoms with Crippen molar-refractivity contribution in [1.29, 1.82) is 0 Å². The number of hydrogen-bond acceptors (Lipinski definition) is 6. The molecule has 7 nitrogen and oxygen atoms in total. The summed E-state index contributed by atoms with van der Waals surface area (Å²) in [5.74, 6) is 2.34. The van der Waals surface area contributed by atoms with Crippen LogP contribution in [-0.4, -0.2) is 19.5 Å². The molecule has 0 saturated carbocycles. The normalized spacial score (nSPS) is 10.9. The molecule has 4 rings (SSSR count). The number of nitrogens with two attached hydrogens (primary N) is 1. The molecule has 0 radical (unpaired) electrons. The van der Waals surface area contributed by atoms with E-state index < -0.39 is 0 Å². The topological polar surface area (TPSA) is 90.9 Å². The van der Waals surface area contributed by atoms with Gasteiger partial charge in [-0.1, -0.05) is 0 Å². The summed E-state index contributed by atoms with van der Waals surface area (Å²) in [4.78, 5) is 12.5. The number of benzene rings is 2. The third kappa shape index (κ3) is 3.56. The first kappa shape index (κ1) is 17.3. The Morgan fingerprint density at radius 3 is 2.81 bits per heavy atom. The van der Waals surface area contributed by atoms with Gasteiger partial charge in [-0.05, 0) is 58.7 Å². The van der Waals surface area contributed by atoms with E-state index in [1.807, 2.05) is 54.9 Å². The number of rotatable bonds is 4. The van der Waals surface area contributed by atoms with Gasteiger partial charge >= 0.3 is 0 Å². The van der Waals surface area contributed by atoms with Gasteiger partial charge in [0.05, 0.1) is 21.8 Å². The number of fused-ring (bicyclic) bond motifs is 1. The highest BCUT2D eigenvalue weighted by molar-refractivity contribution is 9.10. The van der Waals surface area contributed by atoms with Crippen LogP contribution < -0.4 is 15.8 Å². The Morgan fingerprint density at radius 1 is 1.15 bits per heavy atom. The second kappa shape index (κ2) is 6.88. The summed E-state index contributed by atoms with van der Waals surface area (Å²) in [6.07, 6.45) is 3.40. The number of halogens is 1. The number of aromatic nitrogens is 4. The van der Waals surface area contributed by atoms with Crippen molar-refractivity contribution in [2.45, 2.75) is 6.92 Å². The first-order valence-electron chi connectivity index (χ1n) is 8.24. The summed E-state index contributed by atoms with van der Waals surface area (Å²) >= 11 is 3.41. The lowest BCUT2D eigenvalue weighted by atomic mass is 10.2. The average Bonchev–Trinajstić information content (AvgIpc) is 3.01. The molecule has 3 N–H and O–H groups in total. The molecule has 0 saturated heterocycles. The first-order valence-corrected chi connectivity index (χ1v) is 9.03. The van der Waals surface area contributed by atoms with Crippen molar-refractivity contribution in [1.82, 2.24) is 19.5 Å². The van der Waals surface area contributed by atoms with Crippen molar-refractivity contribution in [2.75, 3.05) is 11.1 Å². The second-order valence-corrected chi connectivity index (χ2v) is 6.99. The van der Waals surface area contributed by atoms with Crippen LogP contribution >= 0.6 is 15.9 Å². The SMILES string of the molecule is Cc1cc(Nc2nc(N)ncc2Br)ccc1Oc1ccc2c(c1)ncn2C. The second-order valence-electron chi connectivity index (χ2n) is 6.14. The predicted molar refractivity (Wildman–Crippen MR) is 109 cm³/mol. The standard InChI is InChI=1S/C19H17BrN6O/c1-11-7-12(24-18-14(20)9-22-19(21)25-18)3-6-17(11)27-13-4-5-16-15(8-13)23-10-26(16)2/h3-10H,1-2H3,(H3,21,22,24,25). The summed E-state index contributed by atoms with van der Waals surface area (Å²) in [7, 11) is 1.97. The predicted octanol–water partition coefficient (Wildman–Crippen LogP) is 4.55. The Morgan fingerprint density at radius 2 is 2.00 bits per heavy atom. The van der Waals surface area contributed by atoms with Crippen LogP contribution in [0, 0.1) is 6.92 Å². The van der Waals surface area contributed by atoms with Crippen molar-refractivity contribution >= 4 is 44.4 Å². The Labute approximate surface area is 164 Å². The zero-order valence-corrected chi connectivity index (χ0v) is 16.4. The highest BCUT2D eigenvalue weighted by Gasteiger charge is 2.08.